The van der Waals surface area contributed by atoms with E-state index in [2.05, 4.69) is 20.5 Å². The van der Waals surface area contributed by atoms with Gasteiger partial charge in [0.1, 0.15) is 0 Å². The molecule has 0 spiro atoms. The van der Waals surface area contributed by atoms with Crippen LogP contribution >= 0.6 is 0 Å². The van der Waals surface area contributed by atoms with Crippen LogP contribution in [0.25, 0.3) is 0 Å². The molecule has 0 radical (unpaired) electrons. The fourth-order valence-electron chi connectivity index (χ4n) is 3.53. The zero-order valence-corrected chi connectivity index (χ0v) is 16.2. The molecule has 3 aromatic rings. The van der Waals surface area contributed by atoms with Crippen LogP contribution in [0.4, 0.5) is 17.1 Å². The molecule has 0 bridgehead atoms. The number of aromatic nitrogens is 1. The Bertz CT molecular complexity index is 1050. The van der Waals surface area contributed by atoms with Crippen molar-refractivity contribution in [2.45, 2.75) is 13.3 Å². The SMILES string of the molecule is CCN1c2ccc(C(=O)NCCc3ccccn3)cc2NC(=O)c2ccccc21. The van der Waals surface area contributed by atoms with E-state index in [9.17, 15) is 9.59 Å². The van der Waals surface area contributed by atoms with E-state index in [4.69, 9.17) is 0 Å². The molecule has 0 saturated heterocycles. The second kappa shape index (κ2) is 8.14. The van der Waals surface area contributed by atoms with Crippen LogP contribution in [-0.2, 0) is 6.42 Å². The van der Waals surface area contributed by atoms with E-state index in [0.29, 0.717) is 36.3 Å². The van der Waals surface area contributed by atoms with Gasteiger partial charge in [0, 0.05) is 37.0 Å². The predicted molar refractivity (Wildman–Crippen MR) is 114 cm³/mol. The third kappa shape index (κ3) is 3.82. The van der Waals surface area contributed by atoms with Gasteiger partial charge in [-0.15, -0.1) is 0 Å². The van der Waals surface area contributed by atoms with E-state index in [0.717, 1.165) is 17.1 Å². The number of benzene rings is 2. The second-order valence-corrected chi connectivity index (χ2v) is 6.77. The van der Waals surface area contributed by atoms with Gasteiger partial charge < -0.3 is 15.5 Å². The molecule has 1 aliphatic rings. The summed E-state index contributed by atoms with van der Waals surface area (Å²) in [5.41, 5.74) is 4.41. The minimum absolute atomic E-state index is 0.175. The molecule has 0 unspecified atom stereocenters. The summed E-state index contributed by atoms with van der Waals surface area (Å²) < 4.78 is 0. The summed E-state index contributed by atoms with van der Waals surface area (Å²) >= 11 is 0. The molecular weight excluding hydrogens is 364 g/mol. The van der Waals surface area contributed by atoms with Crippen LogP contribution in [0.5, 0.6) is 0 Å². The highest BCUT2D eigenvalue weighted by Crippen LogP contribution is 2.37. The Labute approximate surface area is 169 Å². The number of nitrogens with zero attached hydrogens (tertiary/aromatic N) is 2. The van der Waals surface area contributed by atoms with Crippen molar-refractivity contribution in [3.63, 3.8) is 0 Å². The Hall–Kier alpha value is -3.67. The number of pyridine rings is 1. The van der Waals surface area contributed by atoms with Gasteiger partial charge in [0.25, 0.3) is 11.8 Å². The quantitative estimate of drug-likeness (QED) is 0.700. The minimum atomic E-state index is -0.178. The van der Waals surface area contributed by atoms with Crippen molar-refractivity contribution in [1.29, 1.82) is 0 Å². The predicted octanol–water partition coefficient (Wildman–Crippen LogP) is 3.78. The Morgan fingerprint density at radius 1 is 1.07 bits per heavy atom. The molecule has 4 rings (SSSR count). The van der Waals surface area contributed by atoms with Crippen LogP contribution in [0.3, 0.4) is 0 Å². The normalized spacial score (nSPS) is 12.4. The summed E-state index contributed by atoms with van der Waals surface area (Å²) in [7, 11) is 0. The van der Waals surface area contributed by atoms with E-state index < -0.39 is 0 Å². The van der Waals surface area contributed by atoms with Gasteiger partial charge in [0.15, 0.2) is 0 Å². The summed E-state index contributed by atoms with van der Waals surface area (Å²) in [6.07, 6.45) is 2.40. The van der Waals surface area contributed by atoms with Crippen LogP contribution in [0.1, 0.15) is 33.3 Å². The van der Waals surface area contributed by atoms with Crippen molar-refractivity contribution in [2.75, 3.05) is 23.3 Å². The number of fused-ring (bicyclic) bond motifs is 2. The molecule has 2 amide bonds. The van der Waals surface area contributed by atoms with Gasteiger partial charge in [-0.25, -0.2) is 0 Å². The maximum Gasteiger partial charge on any atom is 0.257 e. The molecule has 2 aromatic carbocycles. The van der Waals surface area contributed by atoms with E-state index in [-0.39, 0.29) is 11.8 Å². The lowest BCUT2D eigenvalue weighted by Crippen LogP contribution is -2.26. The molecule has 6 nitrogen and oxygen atoms in total. The van der Waals surface area contributed by atoms with Crippen molar-refractivity contribution in [3.8, 4) is 0 Å². The smallest absolute Gasteiger partial charge is 0.257 e. The third-order valence-corrected chi connectivity index (χ3v) is 4.95. The van der Waals surface area contributed by atoms with Crippen LogP contribution in [0.15, 0.2) is 66.9 Å². The molecule has 1 aromatic heterocycles. The average molecular weight is 386 g/mol. The van der Waals surface area contributed by atoms with Crippen LogP contribution in [0, 0.1) is 0 Å². The topological polar surface area (TPSA) is 74.3 Å². The Kier molecular flexibility index (Phi) is 5.24. The van der Waals surface area contributed by atoms with Crippen LogP contribution in [0.2, 0.25) is 0 Å². The number of rotatable bonds is 5. The molecular formula is C23H22N4O2. The Morgan fingerprint density at radius 3 is 2.69 bits per heavy atom. The average Bonchev–Trinajstić information content (AvgIpc) is 2.87. The third-order valence-electron chi connectivity index (χ3n) is 4.95. The zero-order valence-electron chi connectivity index (χ0n) is 16.2. The zero-order chi connectivity index (χ0) is 20.2. The van der Waals surface area contributed by atoms with Crippen molar-refractivity contribution in [3.05, 3.63) is 83.7 Å². The van der Waals surface area contributed by atoms with Crippen molar-refractivity contribution >= 4 is 28.9 Å². The van der Waals surface area contributed by atoms with Gasteiger partial charge in [0.05, 0.1) is 22.6 Å². The summed E-state index contributed by atoms with van der Waals surface area (Å²) in [6, 6.07) is 18.6. The standard InChI is InChI=1S/C23H22N4O2/c1-2-27-20-9-4-3-8-18(20)23(29)26-19-15-16(10-11-21(19)27)22(28)25-14-12-17-7-5-6-13-24-17/h3-11,13,15H,2,12,14H2,1H3,(H,25,28)(H,26,29). The van der Waals surface area contributed by atoms with E-state index in [1.807, 2.05) is 55.5 Å². The van der Waals surface area contributed by atoms with E-state index >= 15 is 0 Å². The van der Waals surface area contributed by atoms with Crippen LogP contribution < -0.4 is 15.5 Å². The van der Waals surface area contributed by atoms with Gasteiger partial charge >= 0.3 is 0 Å². The highest BCUT2D eigenvalue weighted by atomic mass is 16.2. The second-order valence-electron chi connectivity index (χ2n) is 6.77. The first-order chi connectivity index (χ1) is 14.2. The first-order valence-corrected chi connectivity index (χ1v) is 9.67. The molecule has 6 heteroatoms. The Balaban J connectivity index is 1.54. The van der Waals surface area contributed by atoms with Gasteiger partial charge in [-0.3, -0.25) is 14.6 Å². The Morgan fingerprint density at radius 2 is 1.90 bits per heavy atom. The first-order valence-electron chi connectivity index (χ1n) is 9.67. The lowest BCUT2D eigenvalue weighted by atomic mass is 10.1. The van der Waals surface area contributed by atoms with Crippen molar-refractivity contribution in [2.24, 2.45) is 0 Å². The van der Waals surface area contributed by atoms with Crippen LogP contribution in [-0.4, -0.2) is 29.9 Å². The van der Waals surface area contributed by atoms with Crippen molar-refractivity contribution in [1.82, 2.24) is 10.3 Å². The number of hydrogen-bond donors (Lipinski definition) is 2. The van der Waals surface area contributed by atoms with E-state index in [1.165, 1.54) is 0 Å². The van der Waals surface area contributed by atoms with Gasteiger partial charge in [-0.2, -0.15) is 0 Å². The van der Waals surface area contributed by atoms with Crippen molar-refractivity contribution < 1.29 is 9.59 Å². The molecule has 2 heterocycles. The summed E-state index contributed by atoms with van der Waals surface area (Å²) in [5, 5.41) is 5.87. The highest BCUT2D eigenvalue weighted by Gasteiger charge is 2.24. The number of carbonyl (C=O) groups excluding carboxylic acids is 2. The molecule has 1 aliphatic heterocycles. The van der Waals surface area contributed by atoms with Gasteiger partial charge in [-0.05, 0) is 49.4 Å². The van der Waals surface area contributed by atoms with Gasteiger partial charge in [-0.1, -0.05) is 18.2 Å². The monoisotopic (exact) mass is 386 g/mol. The van der Waals surface area contributed by atoms with E-state index in [1.54, 1.807) is 18.3 Å². The molecule has 0 saturated carbocycles. The number of hydrogen-bond acceptors (Lipinski definition) is 4. The fraction of sp³-hybridized carbons (Fsp3) is 0.174. The number of amides is 2. The van der Waals surface area contributed by atoms with Gasteiger partial charge in [0.2, 0.25) is 0 Å². The fourth-order valence-corrected chi connectivity index (χ4v) is 3.53. The summed E-state index contributed by atoms with van der Waals surface area (Å²) in [6.45, 7) is 3.23. The number of carbonyl (C=O) groups is 2. The summed E-state index contributed by atoms with van der Waals surface area (Å²) in [5.74, 6) is -0.353. The maximum absolute atomic E-state index is 12.7. The lowest BCUT2D eigenvalue weighted by molar-refractivity contribution is 0.0952. The number of anilines is 3. The molecule has 29 heavy (non-hydrogen) atoms. The molecule has 0 atom stereocenters. The summed E-state index contributed by atoms with van der Waals surface area (Å²) in [4.78, 5) is 31.6. The number of nitrogens with one attached hydrogen (secondary N) is 2. The molecule has 2 N–H and O–H groups in total. The molecule has 0 aliphatic carbocycles. The molecule has 146 valence electrons. The largest absolute Gasteiger partial charge is 0.352 e. The maximum atomic E-state index is 12.7. The highest BCUT2D eigenvalue weighted by molar-refractivity contribution is 6.13. The minimum Gasteiger partial charge on any atom is -0.352 e. The lowest BCUT2D eigenvalue weighted by Gasteiger charge is -2.24. The number of para-hydroxylation sites is 1. The molecule has 0 fully saturated rings. The first kappa shape index (κ1) is 18.7.